The van der Waals surface area contributed by atoms with Gasteiger partial charge in [-0.1, -0.05) is 60.1 Å². The summed E-state index contributed by atoms with van der Waals surface area (Å²) in [6, 6.07) is 15.2. The molecule has 1 N–H and O–H groups in total. The molecular weight excluding hydrogens is 356 g/mol. The molecule has 1 aliphatic heterocycles. The molecule has 0 radical (unpaired) electrons. The third kappa shape index (κ3) is 3.41. The van der Waals surface area contributed by atoms with E-state index in [0.717, 1.165) is 4.90 Å². The maximum atomic E-state index is 12.7. The van der Waals surface area contributed by atoms with Crippen LogP contribution in [-0.2, 0) is 26.5 Å². The number of nitrogens with zero attached hydrogens (tertiary/aromatic N) is 1. The van der Waals surface area contributed by atoms with E-state index in [1.54, 1.807) is 55.5 Å². The topological polar surface area (TPSA) is 75.7 Å². The first-order chi connectivity index (χ1) is 12.4. The van der Waals surface area contributed by atoms with E-state index < -0.39 is 30.0 Å². The number of hydrogen-bond donors (Lipinski definition) is 1. The smallest absolute Gasteiger partial charge is 0.326 e. The minimum atomic E-state index is -1.21. The third-order valence-corrected chi connectivity index (χ3v) is 4.63. The molecule has 3 amide bonds. The highest BCUT2D eigenvalue weighted by Crippen LogP contribution is 2.28. The van der Waals surface area contributed by atoms with Crippen LogP contribution in [0.1, 0.15) is 18.1 Å². The van der Waals surface area contributed by atoms with E-state index in [1.165, 1.54) is 0 Å². The molecule has 0 saturated carbocycles. The number of rotatable bonds is 5. The monoisotopic (exact) mass is 372 g/mol. The van der Waals surface area contributed by atoms with Crippen LogP contribution in [0.3, 0.4) is 0 Å². The summed E-state index contributed by atoms with van der Waals surface area (Å²) in [6.07, 6.45) is 0. The van der Waals surface area contributed by atoms with Gasteiger partial charge in [-0.05, 0) is 18.6 Å². The fourth-order valence-electron chi connectivity index (χ4n) is 2.76. The van der Waals surface area contributed by atoms with Gasteiger partial charge in [-0.25, -0.2) is 4.79 Å². The molecule has 1 saturated heterocycles. The van der Waals surface area contributed by atoms with Crippen LogP contribution < -0.4 is 5.32 Å². The highest BCUT2D eigenvalue weighted by Gasteiger charge is 2.49. The van der Waals surface area contributed by atoms with Gasteiger partial charge in [0.2, 0.25) is 0 Å². The zero-order chi connectivity index (χ0) is 18.7. The highest BCUT2D eigenvalue weighted by molar-refractivity contribution is 6.31. The molecule has 1 heterocycles. The van der Waals surface area contributed by atoms with Crippen molar-refractivity contribution in [1.82, 2.24) is 10.2 Å². The van der Waals surface area contributed by atoms with Crippen LogP contribution in [-0.4, -0.2) is 29.4 Å². The molecule has 7 heteroatoms. The number of benzene rings is 2. The molecule has 26 heavy (non-hydrogen) atoms. The Bertz CT molecular complexity index is 856. The number of carbonyl (C=O) groups excluding carboxylic acids is 3. The molecule has 0 unspecified atom stereocenters. The van der Waals surface area contributed by atoms with Gasteiger partial charge in [-0.15, -0.1) is 0 Å². The van der Waals surface area contributed by atoms with E-state index in [2.05, 4.69) is 5.32 Å². The lowest BCUT2D eigenvalue weighted by atomic mass is 9.92. The van der Waals surface area contributed by atoms with Crippen molar-refractivity contribution in [1.29, 1.82) is 0 Å². The second kappa shape index (κ2) is 7.17. The highest BCUT2D eigenvalue weighted by atomic mass is 35.5. The normalized spacial score (nSPS) is 19.4. The first-order valence-electron chi connectivity index (χ1n) is 8.00. The van der Waals surface area contributed by atoms with Gasteiger partial charge in [0.05, 0.1) is 0 Å². The van der Waals surface area contributed by atoms with E-state index >= 15 is 0 Å². The Hall–Kier alpha value is -2.86. The van der Waals surface area contributed by atoms with Gasteiger partial charge < -0.3 is 10.1 Å². The molecule has 1 atom stereocenters. The summed E-state index contributed by atoms with van der Waals surface area (Å²) in [5, 5.41) is 3.12. The third-order valence-electron chi connectivity index (χ3n) is 4.26. The summed E-state index contributed by atoms with van der Waals surface area (Å²) < 4.78 is 5.14. The lowest BCUT2D eigenvalue weighted by Crippen LogP contribution is -2.41. The lowest BCUT2D eigenvalue weighted by molar-refractivity contribution is -0.148. The summed E-state index contributed by atoms with van der Waals surface area (Å²) in [4.78, 5) is 37.9. The Kier molecular flexibility index (Phi) is 4.95. The Morgan fingerprint density at radius 1 is 1.12 bits per heavy atom. The maximum Gasteiger partial charge on any atom is 0.326 e. The molecule has 2 aromatic carbocycles. The summed E-state index contributed by atoms with van der Waals surface area (Å²) in [6.45, 7) is 1.12. The number of halogens is 1. The van der Waals surface area contributed by atoms with Crippen molar-refractivity contribution in [2.24, 2.45) is 0 Å². The standard InChI is InChI=1S/C19H17ClN2O4/c1-19(14-8-3-2-4-9-14)17(24)22(18(25)21-19)11-16(23)26-12-13-7-5-6-10-15(13)20/h2-10H,11-12H2,1H3,(H,21,25)/t19-/m0/s1. The number of nitrogens with one attached hydrogen (secondary N) is 1. The van der Waals surface area contributed by atoms with Crippen molar-refractivity contribution in [2.75, 3.05) is 6.54 Å². The van der Waals surface area contributed by atoms with E-state index in [9.17, 15) is 14.4 Å². The lowest BCUT2D eigenvalue weighted by Gasteiger charge is -2.21. The fourth-order valence-corrected chi connectivity index (χ4v) is 2.95. The minimum Gasteiger partial charge on any atom is -0.459 e. The second-order valence-electron chi connectivity index (χ2n) is 6.06. The largest absolute Gasteiger partial charge is 0.459 e. The van der Waals surface area contributed by atoms with Gasteiger partial charge in [0.1, 0.15) is 18.7 Å². The van der Waals surface area contributed by atoms with Crippen molar-refractivity contribution in [3.63, 3.8) is 0 Å². The van der Waals surface area contributed by atoms with E-state index in [1.807, 2.05) is 6.07 Å². The fraction of sp³-hybridized carbons (Fsp3) is 0.211. The van der Waals surface area contributed by atoms with E-state index in [0.29, 0.717) is 16.1 Å². The predicted molar refractivity (Wildman–Crippen MR) is 95.3 cm³/mol. The Labute approximate surface area is 155 Å². The molecule has 6 nitrogen and oxygen atoms in total. The Balaban J connectivity index is 1.66. The van der Waals surface area contributed by atoms with Gasteiger partial charge in [0.15, 0.2) is 0 Å². The SMILES string of the molecule is C[C@@]1(c2ccccc2)NC(=O)N(CC(=O)OCc2ccccc2Cl)C1=O. The summed E-state index contributed by atoms with van der Waals surface area (Å²) in [5.41, 5.74) is 0.0839. The second-order valence-corrected chi connectivity index (χ2v) is 6.47. The number of carbonyl (C=O) groups is 3. The number of hydrogen-bond acceptors (Lipinski definition) is 4. The van der Waals surface area contributed by atoms with Crippen LogP contribution >= 0.6 is 11.6 Å². The first-order valence-corrected chi connectivity index (χ1v) is 8.38. The molecule has 134 valence electrons. The van der Waals surface area contributed by atoms with Gasteiger partial charge >= 0.3 is 12.0 Å². The number of imide groups is 1. The zero-order valence-corrected chi connectivity index (χ0v) is 14.8. The summed E-state index contributed by atoms with van der Waals surface area (Å²) in [7, 11) is 0. The summed E-state index contributed by atoms with van der Waals surface area (Å²) >= 11 is 6.01. The van der Waals surface area contributed by atoms with Crippen LogP contribution in [0.4, 0.5) is 4.79 Å². The maximum absolute atomic E-state index is 12.7. The van der Waals surface area contributed by atoms with E-state index in [-0.39, 0.29) is 6.61 Å². The van der Waals surface area contributed by atoms with Crippen LogP contribution in [0, 0.1) is 0 Å². The number of urea groups is 1. The summed E-state index contributed by atoms with van der Waals surface area (Å²) in [5.74, 6) is -1.19. The van der Waals surface area contributed by atoms with Crippen LogP contribution in [0.2, 0.25) is 5.02 Å². The van der Waals surface area contributed by atoms with Gasteiger partial charge in [0, 0.05) is 10.6 Å². The number of amides is 3. The molecule has 1 fully saturated rings. The van der Waals surface area contributed by atoms with Crippen molar-refractivity contribution >= 4 is 29.5 Å². The first kappa shape index (κ1) is 17.9. The van der Waals surface area contributed by atoms with Gasteiger partial charge in [-0.3, -0.25) is 14.5 Å². The minimum absolute atomic E-state index is 0.0297. The quantitative estimate of drug-likeness (QED) is 0.646. The molecule has 0 bridgehead atoms. The van der Waals surface area contributed by atoms with Crippen molar-refractivity contribution < 1.29 is 19.1 Å². The molecule has 1 aliphatic rings. The van der Waals surface area contributed by atoms with E-state index in [4.69, 9.17) is 16.3 Å². The number of ether oxygens (including phenoxy) is 1. The molecule has 0 spiro atoms. The van der Waals surface area contributed by atoms with Crippen molar-refractivity contribution in [3.05, 3.63) is 70.7 Å². The van der Waals surface area contributed by atoms with Crippen molar-refractivity contribution in [3.8, 4) is 0 Å². The van der Waals surface area contributed by atoms with Crippen LogP contribution in [0.15, 0.2) is 54.6 Å². The number of esters is 1. The Morgan fingerprint density at radius 3 is 2.46 bits per heavy atom. The van der Waals surface area contributed by atoms with Crippen molar-refractivity contribution in [2.45, 2.75) is 19.1 Å². The predicted octanol–water partition coefficient (Wildman–Crippen LogP) is 2.85. The van der Waals surface area contributed by atoms with Gasteiger partial charge in [0.25, 0.3) is 5.91 Å². The van der Waals surface area contributed by atoms with Gasteiger partial charge in [-0.2, -0.15) is 0 Å². The molecule has 2 aromatic rings. The zero-order valence-electron chi connectivity index (χ0n) is 14.1. The average molecular weight is 373 g/mol. The molecule has 0 aromatic heterocycles. The average Bonchev–Trinajstić information content (AvgIpc) is 2.86. The Morgan fingerprint density at radius 2 is 1.77 bits per heavy atom. The van der Waals surface area contributed by atoms with Crippen LogP contribution in [0.25, 0.3) is 0 Å². The molecule has 0 aliphatic carbocycles. The molecule has 3 rings (SSSR count). The molecular formula is C19H17ClN2O4. The van der Waals surface area contributed by atoms with Crippen LogP contribution in [0.5, 0.6) is 0 Å².